The molecule has 0 N–H and O–H groups in total. The van der Waals surface area contributed by atoms with Gasteiger partial charge in [-0.3, -0.25) is 0 Å². The van der Waals surface area contributed by atoms with Gasteiger partial charge in [0.05, 0.1) is 0 Å². The molecule has 0 amide bonds. The average molecular weight is 230 g/mol. The van der Waals surface area contributed by atoms with Crippen LogP contribution in [0.4, 0.5) is 4.39 Å². The van der Waals surface area contributed by atoms with Gasteiger partial charge in [0.15, 0.2) is 0 Å². The van der Waals surface area contributed by atoms with Crippen molar-refractivity contribution in [2.24, 2.45) is 0 Å². The van der Waals surface area contributed by atoms with Crippen molar-refractivity contribution in [3.05, 3.63) is 60.0 Å². The summed E-state index contributed by atoms with van der Waals surface area (Å²) >= 11 is 0. The summed E-state index contributed by atoms with van der Waals surface area (Å²) in [7, 11) is 0. The van der Waals surface area contributed by atoms with Crippen molar-refractivity contribution in [2.75, 3.05) is 0 Å². The Bertz CT molecular complexity index is 400. The maximum Gasteiger partial charge on any atom is 0.123 e. The van der Waals surface area contributed by atoms with Crippen molar-refractivity contribution in [3.8, 4) is 0 Å². The Morgan fingerprint density at radius 2 is 2.06 bits per heavy atom. The van der Waals surface area contributed by atoms with Gasteiger partial charge < -0.3 is 0 Å². The zero-order valence-electron chi connectivity index (χ0n) is 10.2. The quantitative estimate of drug-likeness (QED) is 0.639. The van der Waals surface area contributed by atoms with Crippen LogP contribution >= 0.6 is 0 Å². The van der Waals surface area contributed by atoms with Crippen LogP contribution in [0.3, 0.4) is 0 Å². The van der Waals surface area contributed by atoms with Crippen molar-refractivity contribution in [1.82, 2.24) is 0 Å². The Labute approximate surface area is 103 Å². The van der Waals surface area contributed by atoms with Gasteiger partial charge in [-0.1, -0.05) is 29.9 Å². The molecule has 0 aromatic heterocycles. The molecule has 2 rings (SSSR count). The van der Waals surface area contributed by atoms with Crippen molar-refractivity contribution < 1.29 is 4.39 Å². The van der Waals surface area contributed by atoms with Crippen LogP contribution in [0, 0.1) is 5.82 Å². The van der Waals surface area contributed by atoms with Gasteiger partial charge in [0, 0.05) is 0 Å². The van der Waals surface area contributed by atoms with Crippen LogP contribution in [-0.4, -0.2) is 0 Å². The summed E-state index contributed by atoms with van der Waals surface area (Å²) in [6.07, 6.45) is 10.0. The Morgan fingerprint density at radius 3 is 2.65 bits per heavy atom. The highest BCUT2D eigenvalue weighted by molar-refractivity contribution is 5.24. The standard InChI is InChI=1S/C16H19F/c1-2-3-4-13-5-7-14(8-6-13)15-9-11-16(17)12-10-15/h2,5,9-12,14H,1,3-4,6-8H2. The molecule has 0 spiro atoms. The van der Waals surface area contributed by atoms with E-state index in [1.165, 1.54) is 18.4 Å². The zero-order chi connectivity index (χ0) is 12.1. The van der Waals surface area contributed by atoms with Crippen molar-refractivity contribution in [2.45, 2.75) is 38.0 Å². The lowest BCUT2D eigenvalue weighted by atomic mass is 9.83. The summed E-state index contributed by atoms with van der Waals surface area (Å²) in [6.45, 7) is 3.75. The normalized spacial score (nSPS) is 19.8. The third-order valence-corrected chi connectivity index (χ3v) is 3.52. The molecule has 0 aliphatic heterocycles. The highest BCUT2D eigenvalue weighted by Gasteiger charge is 2.15. The van der Waals surface area contributed by atoms with E-state index in [4.69, 9.17) is 0 Å². The van der Waals surface area contributed by atoms with Crippen molar-refractivity contribution in [3.63, 3.8) is 0 Å². The van der Waals surface area contributed by atoms with Gasteiger partial charge >= 0.3 is 0 Å². The molecular weight excluding hydrogens is 211 g/mol. The second-order valence-electron chi connectivity index (χ2n) is 4.71. The topological polar surface area (TPSA) is 0 Å². The average Bonchev–Trinajstić information content (AvgIpc) is 2.38. The van der Waals surface area contributed by atoms with Gasteiger partial charge in [0.1, 0.15) is 5.82 Å². The number of halogens is 1. The predicted molar refractivity (Wildman–Crippen MR) is 70.5 cm³/mol. The number of allylic oxidation sites excluding steroid dienone is 3. The molecule has 0 bridgehead atoms. The first kappa shape index (κ1) is 12.1. The van der Waals surface area contributed by atoms with E-state index in [0.29, 0.717) is 5.92 Å². The van der Waals surface area contributed by atoms with Crippen LogP contribution in [-0.2, 0) is 0 Å². The molecule has 0 fully saturated rings. The van der Waals surface area contributed by atoms with Gasteiger partial charge in [-0.2, -0.15) is 0 Å². The lowest BCUT2D eigenvalue weighted by Gasteiger charge is -2.22. The van der Waals surface area contributed by atoms with Crippen LogP contribution in [0.5, 0.6) is 0 Å². The second kappa shape index (κ2) is 5.81. The molecule has 1 aliphatic carbocycles. The Kier molecular flexibility index (Phi) is 4.13. The molecule has 0 radical (unpaired) electrons. The van der Waals surface area contributed by atoms with Gasteiger partial charge in [-0.25, -0.2) is 4.39 Å². The van der Waals surface area contributed by atoms with Gasteiger partial charge in [-0.15, -0.1) is 6.58 Å². The maximum atomic E-state index is 12.8. The highest BCUT2D eigenvalue weighted by atomic mass is 19.1. The third kappa shape index (κ3) is 3.29. The van der Waals surface area contributed by atoms with E-state index in [0.717, 1.165) is 19.3 Å². The molecule has 0 nitrogen and oxygen atoms in total. The Hall–Kier alpha value is -1.37. The molecule has 1 aromatic carbocycles. The Morgan fingerprint density at radius 1 is 1.29 bits per heavy atom. The molecule has 0 saturated carbocycles. The van der Waals surface area contributed by atoms with E-state index in [-0.39, 0.29) is 5.82 Å². The molecule has 1 heteroatoms. The minimum atomic E-state index is -0.147. The zero-order valence-corrected chi connectivity index (χ0v) is 10.2. The van der Waals surface area contributed by atoms with E-state index in [2.05, 4.69) is 12.7 Å². The van der Waals surface area contributed by atoms with Gasteiger partial charge in [0.25, 0.3) is 0 Å². The monoisotopic (exact) mass is 230 g/mol. The van der Waals surface area contributed by atoms with E-state index in [1.807, 2.05) is 18.2 Å². The maximum absolute atomic E-state index is 12.8. The van der Waals surface area contributed by atoms with E-state index < -0.39 is 0 Å². The van der Waals surface area contributed by atoms with E-state index in [9.17, 15) is 4.39 Å². The SMILES string of the molecule is C=CCCC1=CCC(c2ccc(F)cc2)CC1. The summed E-state index contributed by atoms with van der Waals surface area (Å²) in [5, 5.41) is 0. The second-order valence-corrected chi connectivity index (χ2v) is 4.71. The summed E-state index contributed by atoms with van der Waals surface area (Å²) in [5.74, 6) is 0.426. The number of rotatable bonds is 4. The first-order chi connectivity index (χ1) is 8.29. The van der Waals surface area contributed by atoms with Crippen LogP contribution in [0.1, 0.15) is 43.6 Å². The van der Waals surface area contributed by atoms with Crippen LogP contribution in [0.25, 0.3) is 0 Å². The number of hydrogen-bond acceptors (Lipinski definition) is 0. The third-order valence-electron chi connectivity index (χ3n) is 3.52. The van der Waals surface area contributed by atoms with Gasteiger partial charge in [0.2, 0.25) is 0 Å². The minimum absolute atomic E-state index is 0.147. The molecule has 90 valence electrons. The summed E-state index contributed by atoms with van der Waals surface area (Å²) < 4.78 is 12.8. The summed E-state index contributed by atoms with van der Waals surface area (Å²) in [5.41, 5.74) is 2.83. The lowest BCUT2D eigenvalue weighted by Crippen LogP contribution is -2.04. The smallest absolute Gasteiger partial charge is 0.123 e. The lowest BCUT2D eigenvalue weighted by molar-refractivity contribution is 0.582. The largest absolute Gasteiger partial charge is 0.207 e. The number of hydrogen-bond donors (Lipinski definition) is 0. The van der Waals surface area contributed by atoms with Crippen LogP contribution in [0.2, 0.25) is 0 Å². The molecule has 0 saturated heterocycles. The first-order valence-corrected chi connectivity index (χ1v) is 6.34. The summed E-state index contributed by atoms with van der Waals surface area (Å²) in [6, 6.07) is 6.96. The fourth-order valence-electron chi connectivity index (χ4n) is 2.44. The van der Waals surface area contributed by atoms with E-state index in [1.54, 1.807) is 17.7 Å². The predicted octanol–water partition coefficient (Wildman–Crippen LogP) is 4.99. The molecule has 17 heavy (non-hydrogen) atoms. The van der Waals surface area contributed by atoms with Crippen LogP contribution in [0.15, 0.2) is 48.6 Å². The van der Waals surface area contributed by atoms with Crippen molar-refractivity contribution >= 4 is 0 Å². The van der Waals surface area contributed by atoms with Gasteiger partial charge in [-0.05, 0) is 55.7 Å². The molecule has 1 aromatic rings. The fraction of sp³-hybridized carbons (Fsp3) is 0.375. The molecular formula is C16H19F. The highest BCUT2D eigenvalue weighted by Crippen LogP contribution is 2.33. The fourth-order valence-corrected chi connectivity index (χ4v) is 2.44. The molecule has 1 unspecified atom stereocenters. The Balaban J connectivity index is 1.96. The van der Waals surface area contributed by atoms with E-state index >= 15 is 0 Å². The molecule has 1 aliphatic rings. The minimum Gasteiger partial charge on any atom is -0.207 e. The number of benzene rings is 1. The van der Waals surface area contributed by atoms with Crippen LogP contribution < -0.4 is 0 Å². The molecule has 0 heterocycles. The summed E-state index contributed by atoms with van der Waals surface area (Å²) in [4.78, 5) is 0. The molecule has 1 atom stereocenters. The first-order valence-electron chi connectivity index (χ1n) is 6.34. The van der Waals surface area contributed by atoms with Crippen molar-refractivity contribution in [1.29, 1.82) is 0 Å².